The minimum atomic E-state index is -1.14. The summed E-state index contributed by atoms with van der Waals surface area (Å²) in [4.78, 5) is 12.3. The van der Waals surface area contributed by atoms with Crippen molar-refractivity contribution in [2.24, 2.45) is 0 Å². The molecule has 5 nitrogen and oxygen atoms in total. The Labute approximate surface area is 293 Å². The highest BCUT2D eigenvalue weighted by Gasteiger charge is 2.26. The summed E-state index contributed by atoms with van der Waals surface area (Å²) in [5, 5.41) is 33.4. The lowest BCUT2D eigenvalue weighted by Crippen LogP contribution is -2.50. The Morgan fingerprint density at radius 3 is 1.30 bits per heavy atom. The number of unbranched alkanes of at least 4 members (excludes halogenated alkanes) is 28. The fourth-order valence-corrected chi connectivity index (χ4v) is 6.55. The molecule has 0 aromatic rings. The van der Waals surface area contributed by atoms with Gasteiger partial charge < -0.3 is 20.6 Å². The van der Waals surface area contributed by atoms with Crippen LogP contribution in [0.5, 0.6) is 0 Å². The van der Waals surface area contributed by atoms with Gasteiger partial charge in [0.15, 0.2) is 0 Å². The molecular formula is C42H83NO4. The molecule has 0 aromatic carbocycles. The molecule has 0 aliphatic carbocycles. The molecule has 0 saturated carbocycles. The third-order valence-corrected chi connectivity index (χ3v) is 9.87. The first-order valence-corrected chi connectivity index (χ1v) is 21.0. The monoisotopic (exact) mass is 666 g/mol. The maximum Gasteiger partial charge on any atom is 0.220 e. The quantitative estimate of drug-likeness (QED) is 0.0390. The van der Waals surface area contributed by atoms with Gasteiger partial charge in [0.1, 0.15) is 6.10 Å². The molecule has 0 heterocycles. The van der Waals surface area contributed by atoms with Crippen molar-refractivity contribution < 1.29 is 20.1 Å². The van der Waals surface area contributed by atoms with Gasteiger partial charge in [0.25, 0.3) is 0 Å². The van der Waals surface area contributed by atoms with Gasteiger partial charge in [0.05, 0.1) is 18.8 Å². The van der Waals surface area contributed by atoms with Crippen molar-refractivity contribution in [3.05, 3.63) is 12.2 Å². The van der Waals surface area contributed by atoms with Gasteiger partial charge in [0.2, 0.25) is 5.91 Å². The lowest BCUT2D eigenvalue weighted by atomic mass is 9.99. The number of amides is 1. The zero-order chi connectivity index (χ0) is 34.5. The van der Waals surface area contributed by atoms with Gasteiger partial charge in [0, 0.05) is 6.42 Å². The average Bonchev–Trinajstić information content (AvgIpc) is 3.07. The number of hydrogen-bond acceptors (Lipinski definition) is 4. The molecule has 0 bridgehead atoms. The smallest absolute Gasteiger partial charge is 0.220 e. The van der Waals surface area contributed by atoms with Crippen LogP contribution in [0.25, 0.3) is 0 Å². The largest absolute Gasteiger partial charge is 0.394 e. The van der Waals surface area contributed by atoms with Crippen molar-refractivity contribution in [1.29, 1.82) is 0 Å². The van der Waals surface area contributed by atoms with Crippen molar-refractivity contribution in [3.63, 3.8) is 0 Å². The molecule has 4 N–H and O–H groups in total. The Balaban J connectivity index is 3.55. The van der Waals surface area contributed by atoms with E-state index in [2.05, 4.69) is 31.3 Å². The molecule has 0 fully saturated rings. The zero-order valence-corrected chi connectivity index (χ0v) is 31.7. The van der Waals surface area contributed by atoms with E-state index in [-0.39, 0.29) is 12.5 Å². The molecule has 3 atom stereocenters. The molecule has 0 aliphatic heterocycles. The third kappa shape index (κ3) is 33.4. The molecule has 280 valence electrons. The van der Waals surface area contributed by atoms with Crippen molar-refractivity contribution in [3.8, 4) is 0 Å². The first-order valence-electron chi connectivity index (χ1n) is 21.0. The van der Waals surface area contributed by atoms with Gasteiger partial charge >= 0.3 is 0 Å². The number of nitrogens with one attached hydrogen (secondary N) is 1. The summed E-state index contributed by atoms with van der Waals surface area (Å²) in [5.74, 6) is -0.158. The van der Waals surface area contributed by atoms with Gasteiger partial charge in [-0.1, -0.05) is 199 Å². The van der Waals surface area contributed by atoms with Crippen LogP contribution in [0, 0.1) is 0 Å². The predicted molar refractivity (Wildman–Crippen MR) is 204 cm³/mol. The van der Waals surface area contributed by atoms with Crippen LogP contribution >= 0.6 is 0 Å². The Morgan fingerprint density at radius 2 is 0.872 bits per heavy atom. The number of rotatable bonds is 38. The van der Waals surface area contributed by atoms with Crippen LogP contribution in [0.3, 0.4) is 0 Å². The van der Waals surface area contributed by atoms with Crippen LogP contribution in [0.1, 0.15) is 226 Å². The predicted octanol–water partition coefficient (Wildman–Crippen LogP) is 11.7. The first-order chi connectivity index (χ1) is 23.1. The van der Waals surface area contributed by atoms with Crippen molar-refractivity contribution in [2.45, 2.75) is 244 Å². The molecule has 0 rings (SSSR count). The van der Waals surface area contributed by atoms with Crippen LogP contribution < -0.4 is 5.32 Å². The molecular weight excluding hydrogens is 582 g/mol. The number of carbonyl (C=O) groups excluding carboxylic acids is 1. The van der Waals surface area contributed by atoms with Crippen LogP contribution in [-0.4, -0.2) is 46.1 Å². The first kappa shape index (κ1) is 46.1. The number of carbonyl (C=O) groups is 1. The minimum Gasteiger partial charge on any atom is -0.394 e. The van der Waals surface area contributed by atoms with Gasteiger partial charge in [-0.15, -0.1) is 0 Å². The summed E-state index contributed by atoms with van der Waals surface area (Å²) in [6, 6.07) is -0.810. The standard InChI is InChI=1S/C42H83NO4/c1-3-5-7-9-11-13-15-16-17-18-19-20-21-22-23-24-25-26-27-28-30-32-34-36-40(45)42(47)39(38-44)43-41(46)37-35-33-31-29-14-12-10-8-6-4-2/h10,12,39-40,42,44-45,47H,3-9,11,13-38H2,1-2H3,(H,43,46)/b12-10-. The summed E-state index contributed by atoms with van der Waals surface area (Å²) in [6.07, 6.45) is 43.3. The molecule has 0 aliphatic rings. The van der Waals surface area contributed by atoms with Crippen LogP contribution in [0.4, 0.5) is 0 Å². The van der Waals surface area contributed by atoms with E-state index in [0.29, 0.717) is 12.8 Å². The highest BCUT2D eigenvalue weighted by atomic mass is 16.3. The SMILES string of the molecule is CCCC/C=C\CCCCCCC(=O)NC(CO)C(O)C(O)CCCCCCCCCCCCCCCCCCCCCCCCC. The van der Waals surface area contributed by atoms with E-state index < -0.39 is 18.2 Å². The maximum absolute atomic E-state index is 12.3. The van der Waals surface area contributed by atoms with Gasteiger partial charge in [-0.05, 0) is 32.1 Å². The molecule has 0 saturated heterocycles. The van der Waals surface area contributed by atoms with Crippen molar-refractivity contribution >= 4 is 5.91 Å². The minimum absolute atomic E-state index is 0.158. The molecule has 47 heavy (non-hydrogen) atoms. The molecule has 1 amide bonds. The third-order valence-electron chi connectivity index (χ3n) is 9.87. The Kier molecular flexibility index (Phi) is 37.2. The normalized spacial score (nSPS) is 13.7. The summed E-state index contributed by atoms with van der Waals surface area (Å²) in [5.41, 5.74) is 0. The molecule has 0 aromatic heterocycles. The van der Waals surface area contributed by atoms with Crippen LogP contribution in [0.2, 0.25) is 0 Å². The lowest BCUT2D eigenvalue weighted by molar-refractivity contribution is -0.124. The fourth-order valence-electron chi connectivity index (χ4n) is 6.55. The second kappa shape index (κ2) is 37.9. The van der Waals surface area contributed by atoms with Crippen molar-refractivity contribution in [2.75, 3.05) is 6.61 Å². The van der Waals surface area contributed by atoms with E-state index in [4.69, 9.17) is 0 Å². The molecule has 5 heteroatoms. The van der Waals surface area contributed by atoms with E-state index in [9.17, 15) is 20.1 Å². The molecule has 0 radical (unpaired) electrons. The van der Waals surface area contributed by atoms with E-state index >= 15 is 0 Å². The van der Waals surface area contributed by atoms with E-state index in [1.807, 2.05) is 0 Å². The van der Waals surface area contributed by atoms with E-state index in [1.54, 1.807) is 0 Å². The number of hydrogen-bond donors (Lipinski definition) is 4. The summed E-state index contributed by atoms with van der Waals surface area (Å²) in [6.45, 7) is 4.13. The van der Waals surface area contributed by atoms with Gasteiger partial charge in [-0.25, -0.2) is 0 Å². The highest BCUT2D eigenvalue weighted by molar-refractivity contribution is 5.76. The Bertz CT molecular complexity index is 655. The Hall–Kier alpha value is -0.910. The maximum atomic E-state index is 12.3. The second-order valence-corrected chi connectivity index (χ2v) is 14.5. The topological polar surface area (TPSA) is 89.8 Å². The Morgan fingerprint density at radius 1 is 0.511 bits per heavy atom. The van der Waals surface area contributed by atoms with Gasteiger partial charge in [-0.2, -0.15) is 0 Å². The number of allylic oxidation sites excluding steroid dienone is 2. The van der Waals surface area contributed by atoms with Crippen LogP contribution in [0.15, 0.2) is 12.2 Å². The zero-order valence-electron chi connectivity index (χ0n) is 31.7. The van der Waals surface area contributed by atoms with E-state index in [1.165, 1.54) is 148 Å². The lowest BCUT2D eigenvalue weighted by Gasteiger charge is -2.26. The fraction of sp³-hybridized carbons (Fsp3) is 0.929. The van der Waals surface area contributed by atoms with Gasteiger partial charge in [-0.3, -0.25) is 4.79 Å². The summed E-state index contributed by atoms with van der Waals surface area (Å²) < 4.78 is 0. The molecule has 3 unspecified atom stereocenters. The molecule has 0 spiro atoms. The summed E-state index contributed by atoms with van der Waals surface area (Å²) in [7, 11) is 0. The average molecular weight is 666 g/mol. The second-order valence-electron chi connectivity index (χ2n) is 14.5. The summed E-state index contributed by atoms with van der Waals surface area (Å²) >= 11 is 0. The van der Waals surface area contributed by atoms with Crippen molar-refractivity contribution in [1.82, 2.24) is 5.32 Å². The number of aliphatic hydroxyl groups is 3. The number of aliphatic hydroxyl groups excluding tert-OH is 3. The van der Waals surface area contributed by atoms with Crippen LogP contribution in [-0.2, 0) is 4.79 Å². The highest BCUT2D eigenvalue weighted by Crippen LogP contribution is 2.17. The van der Waals surface area contributed by atoms with E-state index in [0.717, 1.165) is 51.4 Å².